The van der Waals surface area contributed by atoms with Gasteiger partial charge in [0.05, 0.1) is 0 Å². The normalized spacial score (nSPS) is 14.2. The lowest BCUT2D eigenvalue weighted by molar-refractivity contribution is 0.326. The van der Waals surface area contributed by atoms with Crippen LogP contribution in [-0.4, -0.2) is 4.98 Å². The molecule has 0 saturated carbocycles. The van der Waals surface area contributed by atoms with Crippen LogP contribution in [0.4, 0.5) is 0 Å². The van der Waals surface area contributed by atoms with Crippen LogP contribution in [0.25, 0.3) is 0 Å². The topological polar surface area (TPSA) is 38.9 Å². The maximum atomic E-state index is 6.07. The minimum atomic E-state index is 0.0353. The van der Waals surface area contributed by atoms with Gasteiger partial charge in [-0.2, -0.15) is 0 Å². The molecule has 0 aromatic carbocycles. The first kappa shape index (κ1) is 10.7. The number of pyridine rings is 1. The zero-order valence-corrected chi connectivity index (χ0v) is 9.80. The van der Waals surface area contributed by atoms with Crippen molar-refractivity contribution in [3.63, 3.8) is 0 Å². The average molecular weight is 243 g/mol. The summed E-state index contributed by atoms with van der Waals surface area (Å²) >= 11 is 3.29. The highest BCUT2D eigenvalue weighted by atomic mass is 79.9. The quantitative estimate of drug-likeness (QED) is 0.770. The number of nitrogens with zero attached hydrogens (tertiary/aromatic N) is 1. The van der Waals surface area contributed by atoms with Crippen molar-refractivity contribution < 1.29 is 0 Å². The van der Waals surface area contributed by atoms with Crippen LogP contribution < -0.4 is 5.73 Å². The van der Waals surface area contributed by atoms with E-state index in [-0.39, 0.29) is 11.5 Å². The van der Waals surface area contributed by atoms with Crippen molar-refractivity contribution in [3.8, 4) is 0 Å². The molecule has 0 saturated heterocycles. The lowest BCUT2D eigenvalue weighted by atomic mass is 9.84. The smallest absolute Gasteiger partial charge is 0.106 e. The van der Waals surface area contributed by atoms with E-state index in [2.05, 4.69) is 41.7 Å². The summed E-state index contributed by atoms with van der Waals surface area (Å²) in [6, 6.07) is 3.96. The minimum Gasteiger partial charge on any atom is -0.323 e. The largest absolute Gasteiger partial charge is 0.323 e. The highest BCUT2D eigenvalue weighted by Crippen LogP contribution is 2.30. The van der Waals surface area contributed by atoms with Gasteiger partial charge in [0.1, 0.15) is 4.60 Å². The first-order valence-corrected chi connectivity index (χ1v) is 5.07. The molecule has 13 heavy (non-hydrogen) atoms. The Morgan fingerprint density at radius 3 is 2.38 bits per heavy atom. The molecule has 1 aromatic rings. The fourth-order valence-corrected chi connectivity index (χ4v) is 1.31. The fourth-order valence-electron chi connectivity index (χ4n) is 1.07. The molecule has 72 valence electrons. The zero-order valence-electron chi connectivity index (χ0n) is 8.21. The van der Waals surface area contributed by atoms with Crippen LogP contribution >= 0.6 is 15.9 Å². The Kier molecular flexibility index (Phi) is 3.09. The maximum absolute atomic E-state index is 6.07. The number of halogens is 1. The van der Waals surface area contributed by atoms with Crippen LogP contribution in [0.1, 0.15) is 32.4 Å². The van der Waals surface area contributed by atoms with E-state index in [1.807, 2.05) is 18.3 Å². The van der Waals surface area contributed by atoms with Crippen molar-refractivity contribution in [2.45, 2.75) is 26.8 Å². The number of aromatic nitrogens is 1. The van der Waals surface area contributed by atoms with E-state index < -0.39 is 0 Å². The summed E-state index contributed by atoms with van der Waals surface area (Å²) in [5.41, 5.74) is 7.23. The lowest BCUT2D eigenvalue weighted by Crippen LogP contribution is -2.26. The second-order valence-electron chi connectivity index (χ2n) is 4.26. The minimum absolute atomic E-state index is 0.0353. The van der Waals surface area contributed by atoms with Crippen molar-refractivity contribution in [1.82, 2.24) is 4.98 Å². The highest BCUT2D eigenvalue weighted by Gasteiger charge is 2.22. The number of hydrogen-bond acceptors (Lipinski definition) is 2. The summed E-state index contributed by atoms with van der Waals surface area (Å²) in [5.74, 6) is 0. The van der Waals surface area contributed by atoms with Crippen LogP contribution in [0, 0.1) is 5.41 Å². The maximum Gasteiger partial charge on any atom is 0.106 e. The van der Waals surface area contributed by atoms with E-state index in [1.165, 1.54) is 0 Å². The lowest BCUT2D eigenvalue weighted by Gasteiger charge is -2.27. The van der Waals surface area contributed by atoms with Crippen molar-refractivity contribution in [3.05, 3.63) is 28.5 Å². The standard InChI is InChI=1S/C10H15BrN2/c1-10(2,3)9(12)7-4-5-8(11)13-6-7/h4-6,9H,12H2,1-3H3/t9-/m1/s1. The molecule has 1 rings (SSSR count). The molecule has 0 bridgehead atoms. The Morgan fingerprint density at radius 2 is 2.00 bits per heavy atom. The third-order valence-electron chi connectivity index (χ3n) is 2.04. The van der Waals surface area contributed by atoms with E-state index in [0.717, 1.165) is 10.2 Å². The number of nitrogens with two attached hydrogens (primary N) is 1. The van der Waals surface area contributed by atoms with E-state index in [4.69, 9.17) is 5.73 Å². The molecular weight excluding hydrogens is 228 g/mol. The molecule has 0 aliphatic carbocycles. The van der Waals surface area contributed by atoms with Gasteiger partial charge in [0.25, 0.3) is 0 Å². The Bertz CT molecular complexity index is 274. The van der Waals surface area contributed by atoms with E-state index in [9.17, 15) is 0 Å². The first-order chi connectivity index (χ1) is 5.91. The molecule has 3 heteroatoms. The van der Waals surface area contributed by atoms with E-state index in [1.54, 1.807) is 0 Å². The van der Waals surface area contributed by atoms with E-state index in [0.29, 0.717) is 0 Å². The predicted molar refractivity (Wildman–Crippen MR) is 58.3 cm³/mol. The molecule has 0 unspecified atom stereocenters. The Morgan fingerprint density at radius 1 is 1.38 bits per heavy atom. The second kappa shape index (κ2) is 3.76. The molecule has 2 nitrogen and oxygen atoms in total. The van der Waals surface area contributed by atoms with Crippen LogP contribution in [-0.2, 0) is 0 Å². The zero-order chi connectivity index (χ0) is 10.1. The molecule has 1 heterocycles. The molecule has 2 N–H and O–H groups in total. The van der Waals surface area contributed by atoms with Crippen molar-refractivity contribution in [1.29, 1.82) is 0 Å². The molecule has 0 spiro atoms. The van der Waals surface area contributed by atoms with Gasteiger partial charge >= 0.3 is 0 Å². The Balaban J connectivity index is 2.90. The summed E-state index contributed by atoms with van der Waals surface area (Å²) in [4.78, 5) is 4.15. The summed E-state index contributed by atoms with van der Waals surface area (Å²) < 4.78 is 0.845. The summed E-state index contributed by atoms with van der Waals surface area (Å²) in [6.45, 7) is 6.37. The van der Waals surface area contributed by atoms with Gasteiger partial charge < -0.3 is 5.73 Å². The Hall–Kier alpha value is -0.410. The van der Waals surface area contributed by atoms with Crippen molar-refractivity contribution in [2.75, 3.05) is 0 Å². The average Bonchev–Trinajstić information content (AvgIpc) is 2.03. The third-order valence-corrected chi connectivity index (χ3v) is 2.51. The van der Waals surface area contributed by atoms with Crippen molar-refractivity contribution >= 4 is 15.9 Å². The summed E-state index contributed by atoms with van der Waals surface area (Å²) in [6.07, 6.45) is 1.82. The van der Waals surface area contributed by atoms with Gasteiger partial charge in [-0.1, -0.05) is 26.8 Å². The molecule has 0 fully saturated rings. The van der Waals surface area contributed by atoms with Crippen LogP contribution in [0.2, 0.25) is 0 Å². The number of rotatable bonds is 1. The van der Waals surface area contributed by atoms with Gasteiger partial charge in [0, 0.05) is 12.2 Å². The first-order valence-electron chi connectivity index (χ1n) is 4.28. The van der Waals surface area contributed by atoms with Gasteiger partial charge in [-0.05, 0) is 33.0 Å². The summed E-state index contributed by atoms with van der Waals surface area (Å²) in [5, 5.41) is 0. The molecule has 0 aliphatic heterocycles. The molecular formula is C10H15BrN2. The monoisotopic (exact) mass is 242 g/mol. The fraction of sp³-hybridized carbons (Fsp3) is 0.500. The van der Waals surface area contributed by atoms with E-state index >= 15 is 0 Å². The van der Waals surface area contributed by atoms with Gasteiger partial charge in [-0.3, -0.25) is 0 Å². The molecule has 0 radical (unpaired) electrons. The SMILES string of the molecule is CC(C)(C)[C@H](N)c1ccc(Br)nc1. The summed E-state index contributed by atoms with van der Waals surface area (Å²) in [7, 11) is 0. The molecule has 1 atom stereocenters. The van der Waals surface area contributed by atoms with Gasteiger partial charge in [-0.25, -0.2) is 4.98 Å². The Labute approximate surface area is 87.7 Å². The molecule has 1 aromatic heterocycles. The molecule has 0 amide bonds. The van der Waals surface area contributed by atoms with Gasteiger partial charge in [-0.15, -0.1) is 0 Å². The van der Waals surface area contributed by atoms with Gasteiger partial charge in [0.15, 0.2) is 0 Å². The second-order valence-corrected chi connectivity index (χ2v) is 5.07. The van der Waals surface area contributed by atoms with Crippen molar-refractivity contribution in [2.24, 2.45) is 11.1 Å². The third kappa shape index (κ3) is 2.78. The van der Waals surface area contributed by atoms with Crippen LogP contribution in [0.3, 0.4) is 0 Å². The molecule has 0 aliphatic rings. The number of hydrogen-bond donors (Lipinski definition) is 1. The highest BCUT2D eigenvalue weighted by molar-refractivity contribution is 9.10. The van der Waals surface area contributed by atoms with Crippen LogP contribution in [0.15, 0.2) is 22.9 Å². The van der Waals surface area contributed by atoms with Gasteiger partial charge in [0.2, 0.25) is 0 Å². The van der Waals surface area contributed by atoms with Crippen LogP contribution in [0.5, 0.6) is 0 Å². The predicted octanol–water partition coefficient (Wildman–Crippen LogP) is 2.89.